The number of hydrogen-bond donors (Lipinski definition) is 1. The van der Waals surface area contributed by atoms with E-state index in [0.29, 0.717) is 17.3 Å². The number of carbonyl (C=O) groups excluding carboxylic acids is 1. The molecule has 4 nitrogen and oxygen atoms in total. The number of rotatable bonds is 5. The summed E-state index contributed by atoms with van der Waals surface area (Å²) in [6, 6.07) is 18.5. The van der Waals surface area contributed by atoms with Crippen LogP contribution in [-0.2, 0) is 4.79 Å². The molecule has 0 spiro atoms. The Morgan fingerprint density at radius 3 is 2.44 bits per heavy atom. The molecule has 0 radical (unpaired) electrons. The van der Waals surface area contributed by atoms with Crippen LogP contribution in [0.25, 0.3) is 6.08 Å². The first kappa shape index (κ1) is 16.4. The highest BCUT2D eigenvalue weighted by atomic mass is 19.1. The first-order chi connectivity index (χ1) is 12.2. The number of amides is 1. The van der Waals surface area contributed by atoms with E-state index < -0.39 is 0 Å². The summed E-state index contributed by atoms with van der Waals surface area (Å²) in [6.07, 6.45) is 4.68. The van der Waals surface area contributed by atoms with Crippen LogP contribution in [0.3, 0.4) is 0 Å². The molecule has 25 heavy (non-hydrogen) atoms. The number of benzene rings is 2. The van der Waals surface area contributed by atoms with Crippen molar-refractivity contribution in [2.75, 3.05) is 5.32 Å². The van der Waals surface area contributed by atoms with E-state index in [0.717, 1.165) is 5.56 Å². The fourth-order valence-corrected chi connectivity index (χ4v) is 2.06. The Kier molecular flexibility index (Phi) is 5.16. The summed E-state index contributed by atoms with van der Waals surface area (Å²) < 4.78 is 18.3. The molecule has 0 unspecified atom stereocenters. The summed E-state index contributed by atoms with van der Waals surface area (Å²) in [5.74, 6) is 0.251. The van der Waals surface area contributed by atoms with E-state index in [1.165, 1.54) is 36.5 Å². The van der Waals surface area contributed by atoms with Crippen LogP contribution < -0.4 is 10.1 Å². The van der Waals surface area contributed by atoms with Crippen molar-refractivity contribution in [1.82, 2.24) is 4.98 Å². The van der Waals surface area contributed by atoms with Crippen molar-refractivity contribution in [2.24, 2.45) is 0 Å². The third kappa shape index (κ3) is 5.00. The summed E-state index contributed by atoms with van der Waals surface area (Å²) >= 11 is 0. The van der Waals surface area contributed by atoms with Gasteiger partial charge in [0.05, 0.1) is 11.9 Å². The molecule has 0 saturated heterocycles. The van der Waals surface area contributed by atoms with E-state index in [9.17, 15) is 9.18 Å². The van der Waals surface area contributed by atoms with Crippen LogP contribution in [0.5, 0.6) is 11.6 Å². The van der Waals surface area contributed by atoms with Gasteiger partial charge in [-0.05, 0) is 42.0 Å². The molecule has 1 aromatic heterocycles. The van der Waals surface area contributed by atoms with Crippen molar-refractivity contribution < 1.29 is 13.9 Å². The van der Waals surface area contributed by atoms with Gasteiger partial charge in [-0.3, -0.25) is 4.79 Å². The zero-order valence-corrected chi connectivity index (χ0v) is 13.2. The summed E-state index contributed by atoms with van der Waals surface area (Å²) in [5.41, 5.74) is 1.49. The van der Waals surface area contributed by atoms with Gasteiger partial charge in [0.1, 0.15) is 11.6 Å². The highest BCUT2D eigenvalue weighted by molar-refractivity contribution is 6.01. The van der Waals surface area contributed by atoms with Crippen LogP contribution in [0.1, 0.15) is 5.56 Å². The molecule has 0 bridgehead atoms. The average molecular weight is 334 g/mol. The molecule has 0 aliphatic rings. The molecule has 0 saturated carbocycles. The second-order valence-corrected chi connectivity index (χ2v) is 5.17. The molecule has 0 atom stereocenters. The minimum atomic E-state index is -0.332. The van der Waals surface area contributed by atoms with Gasteiger partial charge in [0.2, 0.25) is 11.8 Å². The van der Waals surface area contributed by atoms with E-state index >= 15 is 0 Å². The maximum absolute atomic E-state index is 12.9. The van der Waals surface area contributed by atoms with Crippen molar-refractivity contribution in [1.29, 1.82) is 0 Å². The van der Waals surface area contributed by atoms with Gasteiger partial charge < -0.3 is 10.1 Å². The lowest BCUT2D eigenvalue weighted by Gasteiger charge is -2.06. The minimum absolute atomic E-state index is 0.252. The summed E-state index contributed by atoms with van der Waals surface area (Å²) in [7, 11) is 0. The van der Waals surface area contributed by atoms with Gasteiger partial charge in [0, 0.05) is 12.1 Å². The normalized spacial score (nSPS) is 10.6. The SMILES string of the molecule is O=C(C=Cc1ccccc1)Nc1ccc(Oc2ccc(F)cc2)nc1. The number of nitrogens with one attached hydrogen (secondary N) is 1. The molecular formula is C20H15FN2O2. The van der Waals surface area contributed by atoms with Crippen LogP contribution in [0, 0.1) is 5.82 Å². The van der Waals surface area contributed by atoms with Crippen LogP contribution in [-0.4, -0.2) is 10.9 Å². The molecule has 1 amide bonds. The Bertz CT molecular complexity index is 860. The smallest absolute Gasteiger partial charge is 0.248 e. The number of hydrogen-bond acceptors (Lipinski definition) is 3. The van der Waals surface area contributed by atoms with Gasteiger partial charge in [-0.15, -0.1) is 0 Å². The van der Waals surface area contributed by atoms with E-state index in [2.05, 4.69) is 10.3 Å². The van der Waals surface area contributed by atoms with Gasteiger partial charge in [0.15, 0.2) is 0 Å². The third-order valence-electron chi connectivity index (χ3n) is 3.27. The standard InChI is InChI=1S/C20H15FN2O2/c21-16-7-10-18(11-8-16)25-20-13-9-17(14-22-20)23-19(24)12-6-15-4-2-1-3-5-15/h1-14H,(H,23,24). The molecule has 5 heteroatoms. The predicted molar refractivity (Wildman–Crippen MR) is 94.8 cm³/mol. The third-order valence-corrected chi connectivity index (χ3v) is 3.27. The van der Waals surface area contributed by atoms with E-state index in [1.54, 1.807) is 18.2 Å². The summed E-state index contributed by atoms with van der Waals surface area (Å²) in [6.45, 7) is 0. The largest absolute Gasteiger partial charge is 0.439 e. The topological polar surface area (TPSA) is 51.2 Å². The Labute approximate surface area is 144 Å². The number of halogens is 1. The Morgan fingerprint density at radius 2 is 1.76 bits per heavy atom. The fraction of sp³-hybridized carbons (Fsp3) is 0. The monoisotopic (exact) mass is 334 g/mol. The molecular weight excluding hydrogens is 319 g/mol. The number of nitrogens with zero attached hydrogens (tertiary/aromatic N) is 1. The van der Waals surface area contributed by atoms with Crippen molar-refractivity contribution in [3.05, 3.63) is 90.4 Å². The van der Waals surface area contributed by atoms with Crippen molar-refractivity contribution in [3.63, 3.8) is 0 Å². The summed E-state index contributed by atoms with van der Waals surface area (Å²) in [5, 5.41) is 2.72. The summed E-state index contributed by atoms with van der Waals surface area (Å²) in [4.78, 5) is 16.0. The molecule has 0 fully saturated rings. The number of pyridine rings is 1. The predicted octanol–water partition coefficient (Wildman–Crippen LogP) is 4.66. The lowest BCUT2D eigenvalue weighted by Crippen LogP contribution is -2.07. The van der Waals surface area contributed by atoms with Crippen molar-refractivity contribution in [3.8, 4) is 11.6 Å². The maximum atomic E-state index is 12.9. The molecule has 3 rings (SSSR count). The van der Waals surface area contributed by atoms with Crippen molar-refractivity contribution in [2.45, 2.75) is 0 Å². The Balaban J connectivity index is 1.57. The van der Waals surface area contributed by atoms with Gasteiger partial charge >= 0.3 is 0 Å². The quantitative estimate of drug-likeness (QED) is 0.690. The van der Waals surface area contributed by atoms with Crippen molar-refractivity contribution >= 4 is 17.7 Å². The van der Waals surface area contributed by atoms with Crippen LogP contribution in [0.2, 0.25) is 0 Å². The van der Waals surface area contributed by atoms with Gasteiger partial charge in [-0.2, -0.15) is 0 Å². The maximum Gasteiger partial charge on any atom is 0.248 e. The number of aromatic nitrogens is 1. The zero-order valence-electron chi connectivity index (χ0n) is 13.2. The van der Waals surface area contributed by atoms with Crippen LogP contribution >= 0.6 is 0 Å². The van der Waals surface area contributed by atoms with Gasteiger partial charge in [-0.1, -0.05) is 30.3 Å². The number of anilines is 1. The first-order valence-corrected chi connectivity index (χ1v) is 7.63. The first-order valence-electron chi connectivity index (χ1n) is 7.63. The number of ether oxygens (including phenoxy) is 1. The fourth-order valence-electron chi connectivity index (χ4n) is 2.06. The van der Waals surface area contributed by atoms with E-state index in [-0.39, 0.29) is 11.7 Å². The zero-order chi connectivity index (χ0) is 17.5. The van der Waals surface area contributed by atoms with E-state index in [1.807, 2.05) is 30.3 Å². The second kappa shape index (κ2) is 7.88. The lowest BCUT2D eigenvalue weighted by atomic mass is 10.2. The highest BCUT2D eigenvalue weighted by Crippen LogP contribution is 2.20. The van der Waals surface area contributed by atoms with Crippen LogP contribution in [0.4, 0.5) is 10.1 Å². The molecule has 2 aromatic carbocycles. The molecule has 1 heterocycles. The molecule has 1 N–H and O–H groups in total. The highest BCUT2D eigenvalue weighted by Gasteiger charge is 2.02. The number of carbonyl (C=O) groups is 1. The molecule has 0 aliphatic carbocycles. The van der Waals surface area contributed by atoms with E-state index in [4.69, 9.17) is 4.74 Å². The molecule has 3 aromatic rings. The molecule has 124 valence electrons. The lowest BCUT2D eigenvalue weighted by molar-refractivity contribution is -0.111. The minimum Gasteiger partial charge on any atom is -0.439 e. The Hall–Kier alpha value is -3.47. The van der Waals surface area contributed by atoms with Gasteiger partial charge in [0.25, 0.3) is 0 Å². The Morgan fingerprint density at radius 1 is 1.00 bits per heavy atom. The van der Waals surface area contributed by atoms with Crippen LogP contribution in [0.15, 0.2) is 79.0 Å². The molecule has 0 aliphatic heterocycles. The second-order valence-electron chi connectivity index (χ2n) is 5.17. The average Bonchev–Trinajstić information content (AvgIpc) is 2.64. The van der Waals surface area contributed by atoms with Gasteiger partial charge in [-0.25, -0.2) is 9.37 Å².